The van der Waals surface area contributed by atoms with Crippen molar-refractivity contribution in [3.63, 3.8) is 0 Å². The van der Waals surface area contributed by atoms with Gasteiger partial charge in [-0.05, 0) is 25.2 Å². The van der Waals surface area contributed by atoms with Gasteiger partial charge < -0.3 is 15.6 Å². The average molecular weight is 264 g/mol. The highest BCUT2D eigenvalue weighted by atomic mass is 16.1. The highest BCUT2D eigenvalue weighted by Crippen LogP contribution is 2.20. The van der Waals surface area contributed by atoms with Gasteiger partial charge >= 0.3 is 0 Å². The number of amides is 1. The molecule has 1 unspecified atom stereocenters. The molecule has 5 heteroatoms. The van der Waals surface area contributed by atoms with Gasteiger partial charge in [0.2, 0.25) is 5.91 Å². The SMILES string of the molecule is CC(C)C(N)c1cncn1CCCC(=O)NC1CC1. The fraction of sp³-hybridized carbons (Fsp3) is 0.714. The first-order chi connectivity index (χ1) is 9.08. The Morgan fingerprint density at radius 3 is 2.95 bits per heavy atom. The Morgan fingerprint density at radius 1 is 1.58 bits per heavy atom. The van der Waals surface area contributed by atoms with Crippen LogP contribution in [0.4, 0.5) is 0 Å². The predicted molar refractivity (Wildman–Crippen MR) is 74.4 cm³/mol. The van der Waals surface area contributed by atoms with E-state index in [4.69, 9.17) is 5.73 Å². The van der Waals surface area contributed by atoms with E-state index in [2.05, 4.69) is 28.7 Å². The highest BCUT2D eigenvalue weighted by molar-refractivity contribution is 5.76. The lowest BCUT2D eigenvalue weighted by molar-refractivity contribution is -0.121. The summed E-state index contributed by atoms with van der Waals surface area (Å²) in [5.41, 5.74) is 7.20. The molecule has 1 aromatic heterocycles. The zero-order chi connectivity index (χ0) is 13.8. The summed E-state index contributed by atoms with van der Waals surface area (Å²) in [6.07, 6.45) is 7.31. The highest BCUT2D eigenvalue weighted by Gasteiger charge is 2.22. The largest absolute Gasteiger partial charge is 0.353 e. The van der Waals surface area contributed by atoms with Gasteiger partial charge in [-0.25, -0.2) is 4.98 Å². The standard InChI is InChI=1S/C14H24N4O/c1-10(2)14(15)12-8-16-9-18(12)7-3-4-13(19)17-11-5-6-11/h8-11,14H,3-7,15H2,1-2H3,(H,17,19). The molecular weight excluding hydrogens is 240 g/mol. The van der Waals surface area contributed by atoms with Crippen molar-refractivity contribution in [3.8, 4) is 0 Å². The summed E-state index contributed by atoms with van der Waals surface area (Å²) in [7, 11) is 0. The third kappa shape index (κ3) is 4.06. The Balaban J connectivity index is 1.79. The molecule has 1 fully saturated rings. The Hall–Kier alpha value is -1.36. The minimum atomic E-state index is 0.00258. The second-order valence-electron chi connectivity index (χ2n) is 5.73. The minimum absolute atomic E-state index is 0.00258. The predicted octanol–water partition coefficient (Wildman–Crippen LogP) is 1.60. The number of rotatable bonds is 7. The molecule has 1 aliphatic carbocycles. The van der Waals surface area contributed by atoms with Crippen molar-refractivity contribution in [2.45, 2.75) is 58.2 Å². The quantitative estimate of drug-likeness (QED) is 0.785. The molecule has 0 radical (unpaired) electrons. The first-order valence-electron chi connectivity index (χ1n) is 7.13. The van der Waals surface area contributed by atoms with Gasteiger partial charge in [-0.3, -0.25) is 4.79 Å². The molecule has 1 amide bonds. The van der Waals surface area contributed by atoms with Gasteiger partial charge in [-0.15, -0.1) is 0 Å². The number of hydrogen-bond acceptors (Lipinski definition) is 3. The molecule has 2 rings (SSSR count). The summed E-state index contributed by atoms with van der Waals surface area (Å²) in [4.78, 5) is 15.8. The molecule has 1 heterocycles. The second kappa shape index (κ2) is 6.19. The Bertz CT molecular complexity index is 423. The molecule has 1 aromatic rings. The molecule has 0 aromatic carbocycles. The first kappa shape index (κ1) is 14.1. The number of carbonyl (C=O) groups excluding carboxylic acids is 1. The number of imidazole rings is 1. The Kier molecular flexibility index (Phi) is 4.58. The maximum absolute atomic E-state index is 11.6. The molecule has 1 aliphatic rings. The maximum Gasteiger partial charge on any atom is 0.220 e. The van der Waals surface area contributed by atoms with Crippen LogP contribution in [-0.2, 0) is 11.3 Å². The van der Waals surface area contributed by atoms with Crippen molar-refractivity contribution in [2.75, 3.05) is 0 Å². The van der Waals surface area contributed by atoms with Crippen molar-refractivity contribution in [2.24, 2.45) is 11.7 Å². The van der Waals surface area contributed by atoms with Crippen LogP contribution in [0.25, 0.3) is 0 Å². The fourth-order valence-electron chi connectivity index (χ4n) is 2.07. The van der Waals surface area contributed by atoms with Crippen LogP contribution in [0.3, 0.4) is 0 Å². The van der Waals surface area contributed by atoms with Gasteiger partial charge in [0.25, 0.3) is 0 Å². The lowest BCUT2D eigenvalue weighted by Crippen LogP contribution is -2.25. The first-order valence-corrected chi connectivity index (χ1v) is 7.13. The molecular formula is C14H24N4O. The van der Waals surface area contributed by atoms with E-state index in [0.717, 1.165) is 31.5 Å². The number of nitrogens with zero attached hydrogens (tertiary/aromatic N) is 2. The minimum Gasteiger partial charge on any atom is -0.353 e. The second-order valence-corrected chi connectivity index (χ2v) is 5.73. The summed E-state index contributed by atoms with van der Waals surface area (Å²) in [6.45, 7) is 5.00. The summed E-state index contributed by atoms with van der Waals surface area (Å²) < 4.78 is 2.06. The molecule has 106 valence electrons. The molecule has 0 spiro atoms. The average Bonchev–Trinajstić information content (AvgIpc) is 3.04. The van der Waals surface area contributed by atoms with Crippen LogP contribution in [0, 0.1) is 5.92 Å². The van der Waals surface area contributed by atoms with Crippen LogP contribution >= 0.6 is 0 Å². The molecule has 0 bridgehead atoms. The van der Waals surface area contributed by atoms with Gasteiger partial charge in [0.05, 0.1) is 12.0 Å². The normalized spacial score (nSPS) is 16.6. The van der Waals surface area contributed by atoms with Gasteiger partial charge in [-0.2, -0.15) is 0 Å². The van der Waals surface area contributed by atoms with Crippen molar-refractivity contribution < 1.29 is 4.79 Å². The number of hydrogen-bond donors (Lipinski definition) is 2. The number of aryl methyl sites for hydroxylation is 1. The van der Waals surface area contributed by atoms with E-state index in [1.54, 1.807) is 6.33 Å². The van der Waals surface area contributed by atoms with E-state index in [0.29, 0.717) is 18.4 Å². The number of nitrogens with two attached hydrogens (primary N) is 1. The van der Waals surface area contributed by atoms with E-state index in [1.165, 1.54) is 0 Å². The summed E-state index contributed by atoms with van der Waals surface area (Å²) in [5.74, 6) is 0.547. The molecule has 3 N–H and O–H groups in total. The molecule has 0 saturated heterocycles. The van der Waals surface area contributed by atoms with Crippen molar-refractivity contribution in [3.05, 3.63) is 18.2 Å². The topological polar surface area (TPSA) is 72.9 Å². The number of aromatic nitrogens is 2. The maximum atomic E-state index is 11.6. The molecule has 0 aliphatic heterocycles. The van der Waals surface area contributed by atoms with Gasteiger partial charge in [0, 0.05) is 31.2 Å². The van der Waals surface area contributed by atoms with Gasteiger partial charge in [0.1, 0.15) is 0 Å². The Labute approximate surface area is 114 Å². The van der Waals surface area contributed by atoms with Gasteiger partial charge in [0.15, 0.2) is 0 Å². The van der Waals surface area contributed by atoms with E-state index >= 15 is 0 Å². The van der Waals surface area contributed by atoms with E-state index in [1.807, 2.05) is 6.20 Å². The van der Waals surface area contributed by atoms with Crippen LogP contribution in [-0.4, -0.2) is 21.5 Å². The molecule has 5 nitrogen and oxygen atoms in total. The van der Waals surface area contributed by atoms with Crippen LogP contribution in [0.5, 0.6) is 0 Å². The van der Waals surface area contributed by atoms with Crippen molar-refractivity contribution >= 4 is 5.91 Å². The van der Waals surface area contributed by atoms with Crippen LogP contribution < -0.4 is 11.1 Å². The van der Waals surface area contributed by atoms with Gasteiger partial charge in [-0.1, -0.05) is 13.8 Å². The zero-order valence-corrected chi connectivity index (χ0v) is 11.8. The number of carbonyl (C=O) groups is 1. The van der Waals surface area contributed by atoms with Crippen molar-refractivity contribution in [1.29, 1.82) is 0 Å². The van der Waals surface area contributed by atoms with Crippen molar-refractivity contribution in [1.82, 2.24) is 14.9 Å². The number of nitrogens with one attached hydrogen (secondary N) is 1. The van der Waals surface area contributed by atoms with Crippen LogP contribution in [0.15, 0.2) is 12.5 Å². The van der Waals surface area contributed by atoms with E-state index in [-0.39, 0.29) is 11.9 Å². The molecule has 19 heavy (non-hydrogen) atoms. The molecule has 1 atom stereocenters. The summed E-state index contributed by atoms with van der Waals surface area (Å²) >= 11 is 0. The smallest absolute Gasteiger partial charge is 0.220 e. The van der Waals surface area contributed by atoms with E-state index in [9.17, 15) is 4.79 Å². The van der Waals surface area contributed by atoms with E-state index < -0.39 is 0 Å². The zero-order valence-electron chi connectivity index (χ0n) is 11.8. The monoisotopic (exact) mass is 264 g/mol. The third-order valence-electron chi connectivity index (χ3n) is 3.55. The summed E-state index contributed by atoms with van der Waals surface area (Å²) in [6, 6.07) is 0.452. The Morgan fingerprint density at radius 2 is 2.32 bits per heavy atom. The van der Waals surface area contributed by atoms with Crippen LogP contribution in [0.2, 0.25) is 0 Å². The molecule has 1 saturated carbocycles. The third-order valence-corrected chi connectivity index (χ3v) is 3.55. The fourth-order valence-corrected chi connectivity index (χ4v) is 2.07. The lowest BCUT2D eigenvalue weighted by Gasteiger charge is -2.17. The van der Waals surface area contributed by atoms with Crippen LogP contribution in [0.1, 0.15) is 51.3 Å². The summed E-state index contributed by atoms with van der Waals surface area (Å²) in [5, 5.41) is 3.00. The lowest BCUT2D eigenvalue weighted by atomic mass is 10.0.